The number of thiazole rings is 1. The molecule has 2 fully saturated rings. The highest BCUT2D eigenvalue weighted by atomic mass is 32.1. The van der Waals surface area contributed by atoms with E-state index in [4.69, 9.17) is 0 Å². The molecule has 1 aromatic rings. The molecule has 0 spiro atoms. The van der Waals surface area contributed by atoms with Crippen LogP contribution in [0.5, 0.6) is 0 Å². The van der Waals surface area contributed by atoms with Gasteiger partial charge in [-0.2, -0.15) is 5.26 Å². The van der Waals surface area contributed by atoms with Crippen LogP contribution in [0.25, 0.3) is 0 Å². The van der Waals surface area contributed by atoms with E-state index in [9.17, 15) is 10.4 Å². The Balaban J connectivity index is 1.95. The molecule has 2 aliphatic rings. The summed E-state index contributed by atoms with van der Waals surface area (Å²) in [5, 5.41) is 19.9. The Morgan fingerprint density at radius 3 is 3.00 bits per heavy atom. The molecule has 0 saturated heterocycles. The van der Waals surface area contributed by atoms with Gasteiger partial charge in [-0.1, -0.05) is 6.42 Å². The molecule has 4 heteroatoms. The number of nitrogens with zero attached hydrogens (tertiary/aromatic N) is 2. The van der Waals surface area contributed by atoms with Crippen LogP contribution in [0.4, 0.5) is 0 Å². The number of fused-ring (bicyclic) bond motifs is 2. The second-order valence-electron chi connectivity index (χ2n) is 5.04. The third kappa shape index (κ3) is 1.25. The van der Waals surface area contributed by atoms with Gasteiger partial charge in [-0.15, -0.1) is 11.3 Å². The molecule has 3 rings (SSSR count). The van der Waals surface area contributed by atoms with Crippen molar-refractivity contribution in [2.75, 3.05) is 0 Å². The zero-order valence-corrected chi connectivity index (χ0v) is 9.78. The highest BCUT2D eigenvalue weighted by molar-refractivity contribution is 7.09. The van der Waals surface area contributed by atoms with Gasteiger partial charge in [0.2, 0.25) is 0 Å². The van der Waals surface area contributed by atoms with E-state index in [-0.39, 0.29) is 0 Å². The fourth-order valence-electron chi connectivity index (χ4n) is 3.52. The van der Waals surface area contributed by atoms with Crippen molar-refractivity contribution in [1.82, 2.24) is 4.98 Å². The minimum Gasteiger partial charge on any atom is -0.386 e. The maximum absolute atomic E-state index is 10.4. The molecule has 3 nitrogen and oxygen atoms in total. The first-order valence-electron chi connectivity index (χ1n) is 5.74. The Labute approximate surface area is 98.8 Å². The van der Waals surface area contributed by atoms with Crippen LogP contribution in [0.2, 0.25) is 0 Å². The molecular weight excluding hydrogens is 220 g/mol. The smallest absolute Gasteiger partial charge is 0.109 e. The van der Waals surface area contributed by atoms with E-state index in [1.165, 1.54) is 17.8 Å². The quantitative estimate of drug-likeness (QED) is 0.855. The predicted molar refractivity (Wildman–Crippen MR) is 60.6 cm³/mol. The van der Waals surface area contributed by atoms with Crippen molar-refractivity contribution < 1.29 is 5.11 Å². The van der Waals surface area contributed by atoms with E-state index in [1.807, 2.05) is 0 Å². The number of hydrogen-bond acceptors (Lipinski definition) is 4. The van der Waals surface area contributed by atoms with Gasteiger partial charge in [0.15, 0.2) is 0 Å². The fourth-order valence-corrected chi connectivity index (χ4v) is 4.22. The maximum atomic E-state index is 10.4. The number of hydrogen-bond donors (Lipinski definition) is 1. The Morgan fingerprint density at radius 2 is 2.50 bits per heavy atom. The van der Waals surface area contributed by atoms with Gasteiger partial charge < -0.3 is 5.11 Å². The van der Waals surface area contributed by atoms with Gasteiger partial charge in [-0.05, 0) is 31.1 Å². The number of aromatic nitrogens is 1. The Morgan fingerprint density at radius 1 is 1.62 bits per heavy atom. The molecule has 2 saturated carbocycles. The monoisotopic (exact) mass is 234 g/mol. The lowest BCUT2D eigenvalue weighted by atomic mass is 9.70. The summed E-state index contributed by atoms with van der Waals surface area (Å²) >= 11 is 1.45. The van der Waals surface area contributed by atoms with Crippen LogP contribution in [0.15, 0.2) is 11.7 Å². The molecule has 0 radical (unpaired) electrons. The van der Waals surface area contributed by atoms with Gasteiger partial charge in [-0.3, -0.25) is 4.98 Å². The SMILES string of the molecule is N#CC1(C(O)c2cncs2)CC2CCC1C2. The van der Waals surface area contributed by atoms with Gasteiger partial charge in [0, 0.05) is 6.20 Å². The summed E-state index contributed by atoms with van der Waals surface area (Å²) in [6, 6.07) is 2.43. The van der Waals surface area contributed by atoms with Crippen molar-refractivity contribution in [1.29, 1.82) is 5.26 Å². The van der Waals surface area contributed by atoms with Crippen LogP contribution in [-0.4, -0.2) is 10.1 Å². The summed E-state index contributed by atoms with van der Waals surface area (Å²) in [6.45, 7) is 0. The van der Waals surface area contributed by atoms with E-state index < -0.39 is 11.5 Å². The minimum absolute atomic E-state index is 0.389. The van der Waals surface area contributed by atoms with E-state index in [0.717, 1.165) is 24.1 Å². The topological polar surface area (TPSA) is 56.9 Å². The molecule has 84 valence electrons. The molecule has 2 bridgehead atoms. The van der Waals surface area contributed by atoms with Gasteiger partial charge in [0.1, 0.15) is 6.10 Å². The molecule has 16 heavy (non-hydrogen) atoms. The van der Waals surface area contributed by atoms with Gasteiger partial charge in [0.25, 0.3) is 0 Å². The summed E-state index contributed by atoms with van der Waals surface area (Å²) in [5.41, 5.74) is 1.19. The average Bonchev–Trinajstić information content (AvgIpc) is 3.03. The lowest BCUT2D eigenvalue weighted by molar-refractivity contribution is 0.0258. The normalized spacial score (nSPS) is 38.5. The van der Waals surface area contributed by atoms with E-state index in [1.54, 1.807) is 11.7 Å². The van der Waals surface area contributed by atoms with Crippen molar-refractivity contribution in [3.05, 3.63) is 16.6 Å². The Hall–Kier alpha value is -0.920. The lowest BCUT2D eigenvalue weighted by Crippen LogP contribution is -2.32. The Kier molecular flexibility index (Phi) is 2.27. The zero-order chi connectivity index (χ0) is 11.2. The first kappa shape index (κ1) is 10.2. The van der Waals surface area contributed by atoms with Gasteiger partial charge in [0.05, 0.1) is 21.9 Å². The maximum Gasteiger partial charge on any atom is 0.109 e. The third-order valence-electron chi connectivity index (χ3n) is 4.31. The zero-order valence-electron chi connectivity index (χ0n) is 8.97. The average molecular weight is 234 g/mol. The van der Waals surface area contributed by atoms with Gasteiger partial charge >= 0.3 is 0 Å². The van der Waals surface area contributed by atoms with Crippen LogP contribution >= 0.6 is 11.3 Å². The largest absolute Gasteiger partial charge is 0.386 e. The van der Waals surface area contributed by atoms with Crippen molar-refractivity contribution in [3.63, 3.8) is 0 Å². The summed E-state index contributed by atoms with van der Waals surface area (Å²) in [7, 11) is 0. The van der Waals surface area contributed by atoms with Crippen molar-refractivity contribution in [2.24, 2.45) is 17.3 Å². The Bertz CT molecular complexity index is 425. The number of aliphatic hydroxyl groups excluding tert-OH is 1. The highest BCUT2D eigenvalue weighted by Crippen LogP contribution is 2.60. The molecule has 4 unspecified atom stereocenters. The van der Waals surface area contributed by atoms with Crippen LogP contribution in [-0.2, 0) is 0 Å². The lowest BCUT2D eigenvalue weighted by Gasteiger charge is -2.34. The molecule has 0 amide bonds. The standard InChI is InChI=1S/C12H14N2OS/c13-6-12(4-8-1-2-9(12)3-8)11(15)10-5-14-7-16-10/h5,7-9,11,15H,1-4H2. The summed E-state index contributed by atoms with van der Waals surface area (Å²) < 4.78 is 0. The molecule has 4 atom stereocenters. The van der Waals surface area contributed by atoms with Crippen LogP contribution in [0.3, 0.4) is 0 Å². The highest BCUT2D eigenvalue weighted by Gasteiger charge is 2.56. The minimum atomic E-state index is -0.639. The van der Waals surface area contributed by atoms with Crippen LogP contribution < -0.4 is 0 Å². The van der Waals surface area contributed by atoms with Crippen LogP contribution in [0.1, 0.15) is 36.7 Å². The fraction of sp³-hybridized carbons (Fsp3) is 0.667. The number of aliphatic hydroxyl groups is 1. The van der Waals surface area contributed by atoms with E-state index in [2.05, 4.69) is 11.1 Å². The van der Waals surface area contributed by atoms with Gasteiger partial charge in [-0.25, -0.2) is 0 Å². The molecule has 0 aliphatic heterocycles. The molecule has 1 aromatic heterocycles. The number of nitriles is 1. The molecular formula is C12H14N2OS. The van der Waals surface area contributed by atoms with Crippen molar-refractivity contribution >= 4 is 11.3 Å². The summed E-state index contributed by atoms with van der Waals surface area (Å²) in [4.78, 5) is 4.83. The first-order valence-corrected chi connectivity index (χ1v) is 6.62. The molecule has 0 aromatic carbocycles. The molecule has 1 heterocycles. The van der Waals surface area contributed by atoms with Crippen molar-refractivity contribution in [3.8, 4) is 6.07 Å². The van der Waals surface area contributed by atoms with Crippen molar-refractivity contribution in [2.45, 2.75) is 31.8 Å². The van der Waals surface area contributed by atoms with E-state index >= 15 is 0 Å². The molecule has 1 N–H and O–H groups in total. The summed E-state index contributed by atoms with van der Waals surface area (Å²) in [6.07, 6.45) is 5.40. The second-order valence-corrected chi connectivity index (χ2v) is 5.96. The summed E-state index contributed by atoms with van der Waals surface area (Å²) in [5.74, 6) is 1.05. The number of rotatable bonds is 2. The third-order valence-corrected chi connectivity index (χ3v) is 5.14. The first-order chi connectivity index (χ1) is 7.76. The van der Waals surface area contributed by atoms with Crippen LogP contribution in [0, 0.1) is 28.6 Å². The predicted octanol–water partition coefficient (Wildman–Crippen LogP) is 2.51. The van der Waals surface area contributed by atoms with E-state index in [0.29, 0.717) is 11.8 Å². The second kappa shape index (κ2) is 3.54. The molecule has 2 aliphatic carbocycles.